The molecule has 2 rings (SSSR count). The molecular formula is C10H10BrN3O4S. The van der Waals surface area contributed by atoms with Gasteiger partial charge in [0.15, 0.2) is 0 Å². The van der Waals surface area contributed by atoms with Crippen molar-refractivity contribution in [2.45, 2.75) is 17.9 Å². The number of hydrogen-bond acceptors (Lipinski definition) is 5. The molecule has 1 fully saturated rings. The summed E-state index contributed by atoms with van der Waals surface area (Å²) in [6.45, 7) is 1.03. The molecule has 2 amide bonds. The van der Waals surface area contributed by atoms with Gasteiger partial charge in [0.05, 0.1) is 6.54 Å². The van der Waals surface area contributed by atoms with Crippen LogP contribution in [-0.2, 0) is 19.6 Å². The molecule has 1 N–H and O–H groups in total. The quantitative estimate of drug-likeness (QED) is 0.752. The summed E-state index contributed by atoms with van der Waals surface area (Å²) in [7, 11) is -3.94. The van der Waals surface area contributed by atoms with Crippen LogP contribution >= 0.6 is 15.9 Å². The SMILES string of the molecule is CC1C(=O)NC(=O)CN1S(=O)(=O)c1cncc(Br)c1. The zero-order valence-corrected chi connectivity index (χ0v) is 12.2. The predicted molar refractivity (Wildman–Crippen MR) is 68.4 cm³/mol. The number of nitrogens with one attached hydrogen (secondary N) is 1. The number of piperazine rings is 1. The third-order valence-corrected chi connectivity index (χ3v) is 4.98. The highest BCUT2D eigenvalue weighted by Gasteiger charge is 2.39. The number of sulfonamides is 1. The minimum Gasteiger partial charge on any atom is -0.294 e. The third-order valence-electron chi connectivity index (χ3n) is 2.66. The number of imide groups is 1. The Morgan fingerprint density at radius 1 is 1.42 bits per heavy atom. The van der Waals surface area contributed by atoms with E-state index in [1.165, 1.54) is 25.4 Å². The lowest BCUT2D eigenvalue weighted by Gasteiger charge is -2.30. The van der Waals surface area contributed by atoms with Gasteiger partial charge in [-0.15, -0.1) is 0 Å². The number of carbonyl (C=O) groups excluding carboxylic acids is 2. The first kappa shape index (κ1) is 14.1. The van der Waals surface area contributed by atoms with Crippen LogP contribution in [0.15, 0.2) is 27.8 Å². The summed E-state index contributed by atoms with van der Waals surface area (Å²) in [5, 5.41) is 2.09. The molecule has 0 radical (unpaired) electrons. The first-order chi connectivity index (χ1) is 8.82. The van der Waals surface area contributed by atoms with Crippen LogP contribution in [0.4, 0.5) is 0 Å². The lowest BCUT2D eigenvalue weighted by Crippen LogP contribution is -2.58. The number of hydrogen-bond donors (Lipinski definition) is 1. The molecule has 2 heterocycles. The Morgan fingerprint density at radius 3 is 2.74 bits per heavy atom. The molecule has 0 aromatic carbocycles. The Kier molecular flexibility index (Phi) is 3.70. The lowest BCUT2D eigenvalue weighted by molar-refractivity contribution is -0.136. The maximum Gasteiger partial charge on any atom is 0.245 e. The van der Waals surface area contributed by atoms with Crippen molar-refractivity contribution in [1.29, 1.82) is 0 Å². The van der Waals surface area contributed by atoms with Gasteiger partial charge in [0.1, 0.15) is 10.9 Å². The predicted octanol–water partition coefficient (Wildman–Crippen LogP) is -0.120. The summed E-state index contributed by atoms with van der Waals surface area (Å²) in [6, 6.07) is 0.424. The van der Waals surface area contributed by atoms with Crippen LogP contribution < -0.4 is 5.32 Å². The molecule has 1 aromatic heterocycles. The van der Waals surface area contributed by atoms with Gasteiger partial charge in [0.25, 0.3) is 0 Å². The Hall–Kier alpha value is -1.32. The second kappa shape index (κ2) is 4.99. The lowest BCUT2D eigenvalue weighted by atomic mass is 10.2. The summed E-state index contributed by atoms with van der Waals surface area (Å²) < 4.78 is 26.1. The number of pyridine rings is 1. The topological polar surface area (TPSA) is 96.4 Å². The highest BCUT2D eigenvalue weighted by Crippen LogP contribution is 2.21. The third kappa shape index (κ3) is 2.67. The smallest absolute Gasteiger partial charge is 0.245 e. The molecule has 1 atom stereocenters. The first-order valence-electron chi connectivity index (χ1n) is 5.28. The van der Waals surface area contributed by atoms with Crippen LogP contribution in [0.1, 0.15) is 6.92 Å². The van der Waals surface area contributed by atoms with E-state index in [1.54, 1.807) is 0 Å². The molecule has 1 saturated heterocycles. The van der Waals surface area contributed by atoms with Crippen LogP contribution in [0.5, 0.6) is 0 Å². The molecule has 19 heavy (non-hydrogen) atoms. The average Bonchev–Trinajstić information content (AvgIpc) is 2.33. The highest BCUT2D eigenvalue weighted by molar-refractivity contribution is 9.10. The summed E-state index contributed by atoms with van der Waals surface area (Å²) in [4.78, 5) is 26.5. The van der Waals surface area contributed by atoms with Gasteiger partial charge in [-0.3, -0.25) is 19.9 Å². The fraction of sp³-hybridized carbons (Fsp3) is 0.300. The van der Waals surface area contributed by atoms with Gasteiger partial charge in [-0.25, -0.2) is 8.42 Å². The van der Waals surface area contributed by atoms with Gasteiger partial charge in [-0.1, -0.05) is 0 Å². The number of carbonyl (C=O) groups is 2. The van der Waals surface area contributed by atoms with Gasteiger partial charge < -0.3 is 0 Å². The number of rotatable bonds is 2. The van der Waals surface area contributed by atoms with E-state index >= 15 is 0 Å². The second-order valence-electron chi connectivity index (χ2n) is 3.98. The molecule has 1 aliphatic rings. The Morgan fingerprint density at radius 2 is 2.11 bits per heavy atom. The molecule has 0 saturated carbocycles. The van der Waals surface area contributed by atoms with Crippen molar-refractivity contribution in [3.05, 3.63) is 22.9 Å². The second-order valence-corrected chi connectivity index (χ2v) is 6.78. The van der Waals surface area contributed by atoms with E-state index in [0.717, 1.165) is 4.31 Å². The minimum atomic E-state index is -3.94. The maximum absolute atomic E-state index is 12.4. The molecule has 7 nitrogen and oxygen atoms in total. The van der Waals surface area contributed by atoms with E-state index in [1.807, 2.05) is 0 Å². The van der Waals surface area contributed by atoms with E-state index < -0.39 is 27.9 Å². The van der Waals surface area contributed by atoms with Gasteiger partial charge >= 0.3 is 0 Å². The fourth-order valence-corrected chi connectivity index (χ4v) is 3.71. The highest BCUT2D eigenvalue weighted by atomic mass is 79.9. The van der Waals surface area contributed by atoms with E-state index in [0.29, 0.717) is 4.47 Å². The van der Waals surface area contributed by atoms with Crippen molar-refractivity contribution in [1.82, 2.24) is 14.6 Å². The van der Waals surface area contributed by atoms with Crippen molar-refractivity contribution in [2.75, 3.05) is 6.54 Å². The average molecular weight is 348 g/mol. The summed E-state index contributed by atoms with van der Waals surface area (Å²) >= 11 is 3.13. The number of aromatic nitrogens is 1. The normalized spacial score (nSPS) is 21.3. The monoisotopic (exact) mass is 347 g/mol. The Labute approximate surface area is 118 Å². The van der Waals surface area contributed by atoms with Gasteiger partial charge in [-0.05, 0) is 28.9 Å². The molecule has 0 spiro atoms. The van der Waals surface area contributed by atoms with E-state index in [4.69, 9.17) is 0 Å². The number of amides is 2. The molecule has 0 aliphatic carbocycles. The van der Waals surface area contributed by atoms with Crippen LogP contribution in [-0.4, -0.2) is 42.1 Å². The van der Waals surface area contributed by atoms with Crippen molar-refractivity contribution in [2.24, 2.45) is 0 Å². The molecule has 0 bridgehead atoms. The zero-order valence-electron chi connectivity index (χ0n) is 9.83. The van der Waals surface area contributed by atoms with Gasteiger partial charge in [0, 0.05) is 16.9 Å². The molecule has 1 aromatic rings. The van der Waals surface area contributed by atoms with Gasteiger partial charge in [-0.2, -0.15) is 4.31 Å². The molecular weight excluding hydrogens is 338 g/mol. The largest absolute Gasteiger partial charge is 0.294 e. The molecule has 1 aliphatic heterocycles. The number of halogens is 1. The van der Waals surface area contributed by atoms with E-state index in [2.05, 4.69) is 26.2 Å². The molecule has 1 unspecified atom stereocenters. The molecule has 9 heteroatoms. The van der Waals surface area contributed by atoms with Crippen LogP contribution in [0.25, 0.3) is 0 Å². The Balaban J connectivity index is 2.44. The van der Waals surface area contributed by atoms with E-state index in [9.17, 15) is 18.0 Å². The maximum atomic E-state index is 12.4. The molecule has 102 valence electrons. The van der Waals surface area contributed by atoms with Crippen molar-refractivity contribution < 1.29 is 18.0 Å². The number of nitrogens with zero attached hydrogens (tertiary/aromatic N) is 2. The van der Waals surface area contributed by atoms with Crippen molar-refractivity contribution in [3.63, 3.8) is 0 Å². The summed E-state index contributed by atoms with van der Waals surface area (Å²) in [6.07, 6.45) is 2.61. The fourth-order valence-electron chi connectivity index (χ4n) is 1.65. The summed E-state index contributed by atoms with van der Waals surface area (Å²) in [5.41, 5.74) is 0. The van der Waals surface area contributed by atoms with Crippen LogP contribution in [0.2, 0.25) is 0 Å². The van der Waals surface area contributed by atoms with Gasteiger partial charge in [0.2, 0.25) is 21.8 Å². The minimum absolute atomic E-state index is 0.0729. The Bertz CT molecular complexity index is 646. The first-order valence-corrected chi connectivity index (χ1v) is 7.52. The van der Waals surface area contributed by atoms with E-state index in [-0.39, 0.29) is 11.4 Å². The van der Waals surface area contributed by atoms with Crippen molar-refractivity contribution >= 4 is 37.8 Å². The standard InChI is InChI=1S/C10H10BrN3O4S/c1-6-10(16)13-9(15)5-14(6)19(17,18)8-2-7(11)3-12-4-8/h2-4,6H,5H2,1H3,(H,13,15,16). The van der Waals surface area contributed by atoms with Crippen LogP contribution in [0, 0.1) is 0 Å². The van der Waals surface area contributed by atoms with Crippen LogP contribution in [0.3, 0.4) is 0 Å². The zero-order chi connectivity index (χ0) is 14.2. The summed E-state index contributed by atoms with van der Waals surface area (Å²) in [5.74, 6) is -1.28. The van der Waals surface area contributed by atoms with Crippen molar-refractivity contribution in [3.8, 4) is 0 Å².